The van der Waals surface area contributed by atoms with Crippen molar-refractivity contribution in [1.29, 1.82) is 0 Å². The Balaban J connectivity index is 1.30. The molecule has 0 aliphatic heterocycles. The number of aliphatic hydroxyl groups is 1. The number of aromatic amines is 1. The third kappa shape index (κ3) is 8.01. The quantitative estimate of drug-likeness (QED) is 0.167. The van der Waals surface area contributed by atoms with E-state index in [9.17, 15) is 18.3 Å². The van der Waals surface area contributed by atoms with Crippen LogP contribution in [0.2, 0.25) is 0 Å². The molecule has 1 amide bonds. The summed E-state index contributed by atoms with van der Waals surface area (Å²) in [5, 5.41) is 17.0. The molecule has 0 radical (unpaired) electrons. The van der Waals surface area contributed by atoms with Gasteiger partial charge in [-0.05, 0) is 67.8 Å². The number of sulfonamides is 1. The first-order valence-electron chi connectivity index (χ1n) is 13.0. The summed E-state index contributed by atoms with van der Waals surface area (Å²) in [7, 11) is -3.72. The lowest BCUT2D eigenvalue weighted by molar-refractivity contribution is -0.114. The molecule has 4 rings (SSSR count). The van der Waals surface area contributed by atoms with E-state index in [1.165, 1.54) is 19.1 Å². The standard InChI is InChI=1S/C30H35N5O4S/c1-21(36)33-24-14-12-22(13-15-24)27-19-31-29(34-27)16-17-30(2,3)32-20-28(37)23-8-7-9-25(18-23)35-40(38,39)26-10-5-4-6-11-26/h4-15,18-19,28,32,35,37H,16-17,20H2,1-3H3,(H,31,34)(H,33,36). The van der Waals surface area contributed by atoms with E-state index in [0.29, 0.717) is 24.2 Å². The molecular weight excluding hydrogens is 526 g/mol. The monoisotopic (exact) mass is 561 g/mol. The minimum Gasteiger partial charge on any atom is -0.387 e. The fourth-order valence-corrected chi connectivity index (χ4v) is 5.28. The third-order valence-electron chi connectivity index (χ3n) is 6.48. The van der Waals surface area contributed by atoms with Gasteiger partial charge in [0.15, 0.2) is 0 Å². The number of nitrogens with zero attached hydrogens (tertiary/aromatic N) is 1. The molecule has 3 aromatic carbocycles. The fraction of sp³-hybridized carbons (Fsp3) is 0.267. The van der Waals surface area contributed by atoms with Gasteiger partial charge in [0.25, 0.3) is 10.0 Å². The topological polar surface area (TPSA) is 136 Å². The SMILES string of the molecule is CC(=O)Nc1ccc(-c2cnc(CCC(C)(C)NCC(O)c3cccc(NS(=O)(=O)c4ccccc4)c3)[nH]2)cc1. The van der Waals surface area contributed by atoms with Crippen molar-refractivity contribution >= 4 is 27.3 Å². The van der Waals surface area contributed by atoms with E-state index in [1.54, 1.807) is 48.7 Å². The molecule has 4 aromatic rings. The summed E-state index contributed by atoms with van der Waals surface area (Å²) >= 11 is 0. The number of nitrogens with one attached hydrogen (secondary N) is 4. The van der Waals surface area contributed by atoms with Gasteiger partial charge in [0.2, 0.25) is 5.91 Å². The maximum absolute atomic E-state index is 12.7. The van der Waals surface area contributed by atoms with Crippen molar-refractivity contribution in [2.75, 3.05) is 16.6 Å². The largest absolute Gasteiger partial charge is 0.387 e. The zero-order valence-corrected chi connectivity index (χ0v) is 23.6. The van der Waals surface area contributed by atoms with Crippen molar-refractivity contribution in [3.05, 3.63) is 96.4 Å². The summed E-state index contributed by atoms with van der Waals surface area (Å²) in [5.74, 6) is 0.745. The number of anilines is 2. The molecule has 1 atom stereocenters. The maximum atomic E-state index is 12.7. The second-order valence-electron chi connectivity index (χ2n) is 10.3. The molecule has 210 valence electrons. The lowest BCUT2D eigenvalue weighted by Gasteiger charge is -2.28. The number of hydrogen-bond acceptors (Lipinski definition) is 6. The van der Waals surface area contributed by atoms with Gasteiger partial charge in [0.1, 0.15) is 5.82 Å². The molecule has 0 aliphatic carbocycles. The number of β-amino-alcohol motifs (C(OH)–C–C–N with tert-alkyl or cyclic N) is 1. The number of amides is 1. The van der Waals surface area contributed by atoms with Crippen LogP contribution in [-0.4, -0.2) is 41.5 Å². The van der Waals surface area contributed by atoms with Crippen LogP contribution in [0, 0.1) is 0 Å². The Morgan fingerprint density at radius 1 is 1.00 bits per heavy atom. The highest BCUT2D eigenvalue weighted by Gasteiger charge is 2.21. The summed E-state index contributed by atoms with van der Waals surface area (Å²) in [6.07, 6.45) is 2.45. The van der Waals surface area contributed by atoms with Crippen LogP contribution < -0.4 is 15.4 Å². The number of aromatic nitrogens is 2. The zero-order valence-electron chi connectivity index (χ0n) is 22.8. The van der Waals surface area contributed by atoms with E-state index >= 15 is 0 Å². The van der Waals surface area contributed by atoms with Gasteiger partial charge in [0, 0.05) is 36.8 Å². The molecule has 1 heterocycles. The summed E-state index contributed by atoms with van der Waals surface area (Å²) in [4.78, 5) is 19.3. The number of carbonyl (C=O) groups excluding carboxylic acids is 1. The molecule has 10 heteroatoms. The Labute approximate surface area is 235 Å². The van der Waals surface area contributed by atoms with Gasteiger partial charge in [0.05, 0.1) is 22.9 Å². The van der Waals surface area contributed by atoms with E-state index in [0.717, 1.165) is 29.2 Å². The second-order valence-corrected chi connectivity index (χ2v) is 12.0. The third-order valence-corrected chi connectivity index (χ3v) is 7.88. The second kappa shape index (κ2) is 12.5. The molecule has 9 nitrogen and oxygen atoms in total. The summed E-state index contributed by atoms with van der Waals surface area (Å²) < 4.78 is 27.9. The Bertz CT molecular complexity index is 1530. The van der Waals surface area contributed by atoms with Gasteiger partial charge < -0.3 is 20.7 Å². The van der Waals surface area contributed by atoms with Gasteiger partial charge in [-0.3, -0.25) is 9.52 Å². The van der Waals surface area contributed by atoms with Crippen molar-refractivity contribution < 1.29 is 18.3 Å². The Hall–Kier alpha value is -3.99. The highest BCUT2D eigenvalue weighted by Crippen LogP contribution is 2.23. The van der Waals surface area contributed by atoms with Crippen LogP contribution in [0.5, 0.6) is 0 Å². The number of rotatable bonds is 12. The van der Waals surface area contributed by atoms with Crippen molar-refractivity contribution in [1.82, 2.24) is 15.3 Å². The summed E-state index contributed by atoms with van der Waals surface area (Å²) in [5.41, 5.74) is 3.32. The van der Waals surface area contributed by atoms with Gasteiger partial charge >= 0.3 is 0 Å². The van der Waals surface area contributed by atoms with Gasteiger partial charge in [-0.2, -0.15) is 0 Å². The Kier molecular flexibility index (Phi) is 9.03. The zero-order chi connectivity index (χ0) is 28.8. The van der Waals surface area contributed by atoms with Crippen molar-refractivity contribution in [3.63, 3.8) is 0 Å². The molecule has 0 bridgehead atoms. The average Bonchev–Trinajstić information content (AvgIpc) is 3.40. The first kappa shape index (κ1) is 29.0. The van der Waals surface area contributed by atoms with E-state index in [1.807, 2.05) is 24.3 Å². The molecule has 0 saturated carbocycles. The molecule has 0 saturated heterocycles. The number of hydrogen-bond donors (Lipinski definition) is 5. The fourth-order valence-electron chi connectivity index (χ4n) is 4.21. The summed E-state index contributed by atoms with van der Waals surface area (Å²) in [6, 6.07) is 22.5. The highest BCUT2D eigenvalue weighted by molar-refractivity contribution is 7.92. The number of aryl methyl sites for hydroxylation is 1. The van der Waals surface area contributed by atoms with Crippen LogP contribution in [0.4, 0.5) is 11.4 Å². The molecule has 0 fully saturated rings. The number of benzene rings is 3. The Morgan fingerprint density at radius 2 is 1.73 bits per heavy atom. The van der Waals surface area contributed by atoms with E-state index in [2.05, 4.69) is 39.2 Å². The number of carbonyl (C=O) groups is 1. The van der Waals surface area contributed by atoms with Crippen molar-refractivity contribution in [2.45, 2.75) is 50.2 Å². The normalized spacial score (nSPS) is 12.6. The molecule has 1 aromatic heterocycles. The van der Waals surface area contributed by atoms with Crippen LogP contribution in [-0.2, 0) is 21.2 Å². The van der Waals surface area contributed by atoms with Crippen molar-refractivity contribution in [2.24, 2.45) is 0 Å². The maximum Gasteiger partial charge on any atom is 0.261 e. The predicted molar refractivity (Wildman–Crippen MR) is 157 cm³/mol. The van der Waals surface area contributed by atoms with Gasteiger partial charge in [-0.25, -0.2) is 13.4 Å². The van der Waals surface area contributed by atoms with E-state index < -0.39 is 16.1 Å². The molecular formula is C30H35N5O4S. The van der Waals surface area contributed by atoms with Crippen LogP contribution in [0.3, 0.4) is 0 Å². The lowest BCUT2D eigenvalue weighted by atomic mass is 9.97. The van der Waals surface area contributed by atoms with E-state index in [4.69, 9.17) is 0 Å². The smallest absolute Gasteiger partial charge is 0.261 e. The van der Waals surface area contributed by atoms with Crippen LogP contribution in [0.25, 0.3) is 11.3 Å². The Morgan fingerprint density at radius 3 is 2.42 bits per heavy atom. The molecule has 5 N–H and O–H groups in total. The number of H-pyrrole nitrogens is 1. The van der Waals surface area contributed by atoms with Crippen LogP contribution in [0.1, 0.15) is 44.7 Å². The first-order valence-corrected chi connectivity index (χ1v) is 14.5. The lowest BCUT2D eigenvalue weighted by Crippen LogP contribution is -2.42. The van der Waals surface area contributed by atoms with Crippen LogP contribution in [0.15, 0.2) is 90.0 Å². The number of imidazole rings is 1. The molecule has 40 heavy (non-hydrogen) atoms. The molecule has 1 unspecified atom stereocenters. The van der Waals surface area contributed by atoms with E-state index in [-0.39, 0.29) is 16.3 Å². The van der Waals surface area contributed by atoms with Gasteiger partial charge in [-0.15, -0.1) is 0 Å². The predicted octanol–water partition coefficient (Wildman–Crippen LogP) is 4.87. The minimum absolute atomic E-state index is 0.111. The number of aliphatic hydroxyl groups excluding tert-OH is 1. The van der Waals surface area contributed by atoms with Gasteiger partial charge in [-0.1, -0.05) is 42.5 Å². The minimum atomic E-state index is -3.72. The summed E-state index contributed by atoms with van der Waals surface area (Å²) in [6.45, 7) is 5.90. The average molecular weight is 562 g/mol. The van der Waals surface area contributed by atoms with Crippen molar-refractivity contribution in [3.8, 4) is 11.3 Å². The molecule has 0 aliphatic rings. The molecule has 0 spiro atoms. The highest BCUT2D eigenvalue weighted by atomic mass is 32.2. The van der Waals surface area contributed by atoms with Crippen LogP contribution >= 0.6 is 0 Å². The first-order chi connectivity index (χ1) is 19.0.